The summed E-state index contributed by atoms with van der Waals surface area (Å²) >= 11 is 0. The molecule has 3 atom stereocenters. The first-order valence-corrected chi connectivity index (χ1v) is 13.5. The minimum Gasteiger partial charge on any atom is -0.339 e. The summed E-state index contributed by atoms with van der Waals surface area (Å²) in [5.74, 6) is -3.25. The number of hydrogen-bond acceptors (Lipinski definition) is 8. The Morgan fingerprint density at radius 3 is 2.38 bits per heavy atom. The van der Waals surface area contributed by atoms with Crippen molar-refractivity contribution in [1.82, 2.24) is 35.9 Å². The third-order valence-corrected chi connectivity index (χ3v) is 7.87. The number of alkyl halides is 6. The summed E-state index contributed by atoms with van der Waals surface area (Å²) in [4.78, 5) is 37.7. The van der Waals surface area contributed by atoms with E-state index >= 15 is 0 Å². The highest BCUT2D eigenvalue weighted by molar-refractivity contribution is 5.80. The zero-order valence-corrected chi connectivity index (χ0v) is 22.4. The standard InChI is InChI=1S/C26H30F6N8O2/c27-25(28,29)17-11-34-24(35-12-17)39-9-7-38(8-10-39)21(41)5-6-33-13-19-18-4-2-1-3-16(18)15-40(19)20-14-36-37-23(42)22(20)26(30,31)32/h1-4,11-12,19-20,22,33,36H,5-10,13-15H2,(H,37,42)/t19-,20?,22?/m1/s1. The second-order valence-electron chi connectivity index (χ2n) is 10.4. The molecule has 16 heteroatoms. The number of amides is 2. The van der Waals surface area contributed by atoms with E-state index in [2.05, 4.69) is 26.1 Å². The van der Waals surface area contributed by atoms with Gasteiger partial charge in [-0.05, 0) is 11.1 Å². The Balaban J connectivity index is 1.14. The van der Waals surface area contributed by atoms with Gasteiger partial charge in [0, 0.05) is 83.3 Å². The smallest absolute Gasteiger partial charge is 0.339 e. The van der Waals surface area contributed by atoms with Crippen LogP contribution < -0.4 is 21.1 Å². The van der Waals surface area contributed by atoms with Gasteiger partial charge in [-0.1, -0.05) is 24.3 Å². The topological polar surface area (TPSA) is 106 Å². The molecule has 1 aromatic heterocycles. The molecule has 5 rings (SSSR count). The van der Waals surface area contributed by atoms with Crippen LogP contribution in [0, 0.1) is 5.92 Å². The zero-order chi connectivity index (χ0) is 30.1. The van der Waals surface area contributed by atoms with Crippen molar-refractivity contribution in [1.29, 1.82) is 0 Å². The lowest BCUT2D eigenvalue weighted by Gasteiger charge is -2.41. The van der Waals surface area contributed by atoms with Crippen LogP contribution in [0.4, 0.5) is 32.3 Å². The molecule has 0 radical (unpaired) electrons. The highest BCUT2D eigenvalue weighted by atomic mass is 19.4. The summed E-state index contributed by atoms with van der Waals surface area (Å²) in [7, 11) is 0. The average molecular weight is 601 g/mol. The lowest BCUT2D eigenvalue weighted by molar-refractivity contribution is -0.202. The Bertz CT molecular complexity index is 1270. The van der Waals surface area contributed by atoms with Crippen LogP contribution in [0.3, 0.4) is 0 Å². The molecule has 0 bridgehead atoms. The van der Waals surface area contributed by atoms with Crippen LogP contribution in [0.25, 0.3) is 0 Å². The molecule has 2 fully saturated rings. The Hall–Kier alpha value is -3.50. The minimum absolute atomic E-state index is 0.0671. The van der Waals surface area contributed by atoms with Crippen LogP contribution in [0.1, 0.15) is 29.2 Å². The Morgan fingerprint density at radius 2 is 1.71 bits per heavy atom. The van der Waals surface area contributed by atoms with Crippen molar-refractivity contribution in [2.24, 2.45) is 5.92 Å². The lowest BCUT2D eigenvalue weighted by atomic mass is 9.94. The largest absolute Gasteiger partial charge is 0.419 e. The first-order chi connectivity index (χ1) is 19.9. The van der Waals surface area contributed by atoms with Crippen molar-refractivity contribution >= 4 is 17.8 Å². The first-order valence-electron chi connectivity index (χ1n) is 13.5. The second kappa shape index (κ2) is 12.0. The van der Waals surface area contributed by atoms with Crippen LogP contribution in [-0.4, -0.2) is 89.6 Å². The van der Waals surface area contributed by atoms with Crippen molar-refractivity contribution in [3.05, 3.63) is 53.3 Å². The van der Waals surface area contributed by atoms with E-state index in [0.29, 0.717) is 32.7 Å². The molecule has 3 aliphatic rings. The van der Waals surface area contributed by atoms with Gasteiger partial charge in [0.1, 0.15) is 0 Å². The molecule has 0 aliphatic carbocycles. The number of fused-ring (bicyclic) bond motifs is 1. The predicted molar refractivity (Wildman–Crippen MR) is 138 cm³/mol. The van der Waals surface area contributed by atoms with Gasteiger partial charge < -0.3 is 15.1 Å². The first kappa shape index (κ1) is 30.0. The molecule has 2 unspecified atom stereocenters. The van der Waals surface area contributed by atoms with E-state index < -0.39 is 41.8 Å². The second-order valence-corrected chi connectivity index (χ2v) is 10.4. The third kappa shape index (κ3) is 6.44. The fourth-order valence-electron chi connectivity index (χ4n) is 5.73. The van der Waals surface area contributed by atoms with Crippen molar-refractivity contribution in [2.75, 3.05) is 50.7 Å². The molecule has 2 amide bonds. The van der Waals surface area contributed by atoms with Crippen LogP contribution in [0.15, 0.2) is 36.7 Å². The molecule has 4 heterocycles. The van der Waals surface area contributed by atoms with Gasteiger partial charge in [0.2, 0.25) is 17.8 Å². The van der Waals surface area contributed by atoms with Gasteiger partial charge in [0.15, 0.2) is 5.92 Å². The maximum Gasteiger partial charge on any atom is 0.419 e. The third-order valence-electron chi connectivity index (χ3n) is 7.87. The fourth-order valence-corrected chi connectivity index (χ4v) is 5.73. The van der Waals surface area contributed by atoms with E-state index in [4.69, 9.17) is 0 Å². The van der Waals surface area contributed by atoms with Crippen molar-refractivity contribution in [3.8, 4) is 0 Å². The molecular weight excluding hydrogens is 570 g/mol. The number of hydrazine groups is 1. The number of anilines is 1. The molecular formula is C26H30F6N8O2. The van der Waals surface area contributed by atoms with Gasteiger partial charge >= 0.3 is 12.4 Å². The van der Waals surface area contributed by atoms with Gasteiger partial charge in [-0.25, -0.2) is 15.4 Å². The Labute approximate surface area is 237 Å². The van der Waals surface area contributed by atoms with Gasteiger partial charge in [-0.15, -0.1) is 0 Å². The van der Waals surface area contributed by atoms with Gasteiger partial charge in [0.25, 0.3) is 0 Å². The number of benzene rings is 1. The van der Waals surface area contributed by atoms with Crippen LogP contribution in [0.5, 0.6) is 0 Å². The summed E-state index contributed by atoms with van der Waals surface area (Å²) in [6.45, 7) is 2.20. The minimum atomic E-state index is -4.71. The maximum absolute atomic E-state index is 13.9. The van der Waals surface area contributed by atoms with E-state index in [9.17, 15) is 35.9 Å². The fraction of sp³-hybridized carbons (Fsp3) is 0.538. The Morgan fingerprint density at radius 1 is 1.02 bits per heavy atom. The van der Waals surface area contributed by atoms with E-state index in [1.54, 1.807) is 14.7 Å². The number of carbonyl (C=O) groups excluding carboxylic acids is 2. The molecule has 2 aromatic rings. The summed E-state index contributed by atoms with van der Waals surface area (Å²) < 4.78 is 79.9. The summed E-state index contributed by atoms with van der Waals surface area (Å²) in [6.07, 6.45) is -7.61. The molecule has 228 valence electrons. The average Bonchev–Trinajstić information content (AvgIpc) is 3.32. The normalized spacial score (nSPS) is 23.6. The summed E-state index contributed by atoms with van der Waals surface area (Å²) in [5, 5.41) is 3.21. The molecule has 0 spiro atoms. The predicted octanol–water partition coefficient (Wildman–Crippen LogP) is 1.86. The van der Waals surface area contributed by atoms with E-state index in [0.717, 1.165) is 23.5 Å². The van der Waals surface area contributed by atoms with E-state index in [-0.39, 0.29) is 37.9 Å². The van der Waals surface area contributed by atoms with Crippen molar-refractivity contribution < 1.29 is 35.9 Å². The van der Waals surface area contributed by atoms with Crippen LogP contribution in [-0.2, 0) is 22.3 Å². The van der Waals surface area contributed by atoms with Crippen LogP contribution in [0.2, 0.25) is 0 Å². The van der Waals surface area contributed by atoms with Crippen LogP contribution >= 0.6 is 0 Å². The van der Waals surface area contributed by atoms with E-state index in [1.807, 2.05) is 24.3 Å². The van der Waals surface area contributed by atoms with Crippen molar-refractivity contribution in [2.45, 2.75) is 37.4 Å². The number of nitrogens with zero attached hydrogens (tertiary/aromatic N) is 5. The highest BCUT2D eigenvalue weighted by Gasteiger charge is 2.54. The molecule has 0 saturated carbocycles. The number of piperazine rings is 1. The monoisotopic (exact) mass is 600 g/mol. The number of carbonyl (C=O) groups is 2. The van der Waals surface area contributed by atoms with E-state index in [1.165, 1.54) is 0 Å². The zero-order valence-electron chi connectivity index (χ0n) is 22.4. The highest BCUT2D eigenvalue weighted by Crippen LogP contribution is 2.40. The number of halogens is 6. The number of rotatable bonds is 7. The lowest BCUT2D eigenvalue weighted by Crippen LogP contribution is -2.64. The quantitative estimate of drug-likeness (QED) is 0.327. The summed E-state index contributed by atoms with van der Waals surface area (Å²) in [6, 6.07) is 5.84. The van der Waals surface area contributed by atoms with Gasteiger partial charge in [-0.2, -0.15) is 26.3 Å². The number of hydrogen-bond donors (Lipinski definition) is 3. The molecule has 3 aliphatic heterocycles. The number of nitrogens with one attached hydrogen (secondary N) is 3. The maximum atomic E-state index is 13.9. The molecule has 1 aromatic carbocycles. The molecule has 3 N–H and O–H groups in total. The van der Waals surface area contributed by atoms with Gasteiger partial charge in [-0.3, -0.25) is 19.9 Å². The summed E-state index contributed by atoms with van der Waals surface area (Å²) in [5.41, 5.74) is 5.52. The molecule has 42 heavy (non-hydrogen) atoms. The Kier molecular flexibility index (Phi) is 8.57. The van der Waals surface area contributed by atoms with Crippen molar-refractivity contribution in [3.63, 3.8) is 0 Å². The SMILES string of the molecule is O=C1NNCC(N2Cc3ccccc3[C@H]2CNCCC(=O)N2CCN(c3ncc(C(F)(F)F)cn3)CC2)C1C(F)(F)F. The number of aromatic nitrogens is 2. The molecule has 10 nitrogen and oxygen atoms in total. The van der Waals surface area contributed by atoms with Gasteiger partial charge in [0.05, 0.1) is 5.56 Å². The molecule has 2 saturated heterocycles.